The second-order valence-corrected chi connectivity index (χ2v) is 7.76. The van der Waals surface area contributed by atoms with E-state index in [-0.39, 0.29) is 23.2 Å². The van der Waals surface area contributed by atoms with Crippen LogP contribution in [0.3, 0.4) is 0 Å². The molecule has 1 aliphatic rings. The van der Waals surface area contributed by atoms with Crippen LogP contribution in [0.15, 0.2) is 41.3 Å². The molecule has 3 rings (SSSR count). The van der Waals surface area contributed by atoms with Crippen molar-refractivity contribution in [2.75, 3.05) is 16.8 Å². The van der Waals surface area contributed by atoms with Crippen LogP contribution in [-0.4, -0.2) is 26.9 Å². The lowest BCUT2D eigenvalue weighted by Gasteiger charge is -2.24. The van der Waals surface area contributed by atoms with Crippen molar-refractivity contribution in [3.05, 3.63) is 53.6 Å². The number of nitrogens with two attached hydrogens (primary N) is 1. The molecule has 1 aliphatic heterocycles. The third kappa shape index (κ3) is 3.68. The van der Waals surface area contributed by atoms with Gasteiger partial charge in [-0.25, -0.2) is 22.3 Å². The number of carbonyl (C=O) groups is 1. The zero-order valence-electron chi connectivity index (χ0n) is 13.9. The maximum atomic E-state index is 13.2. The molecule has 0 spiro atoms. The molecular weight excluding hydrogens is 364 g/mol. The second-order valence-electron chi connectivity index (χ2n) is 6.19. The number of hydrogen-bond acceptors (Lipinski definition) is 4. The molecule has 0 aromatic heterocycles. The van der Waals surface area contributed by atoms with Crippen molar-refractivity contribution in [3.63, 3.8) is 0 Å². The first-order chi connectivity index (χ1) is 12.1. The Balaban J connectivity index is 1.76. The Hall–Kier alpha value is -2.52. The van der Waals surface area contributed by atoms with Crippen LogP contribution in [0.4, 0.5) is 20.2 Å². The molecular formula is C17H17F2N3O3S. The van der Waals surface area contributed by atoms with Crippen LogP contribution >= 0.6 is 0 Å². The lowest BCUT2D eigenvalue weighted by atomic mass is 10.1. The quantitative estimate of drug-likeness (QED) is 0.847. The fourth-order valence-electron chi connectivity index (χ4n) is 3.02. The minimum atomic E-state index is -3.79. The summed E-state index contributed by atoms with van der Waals surface area (Å²) in [7, 11) is -3.79. The van der Waals surface area contributed by atoms with Gasteiger partial charge in [-0.1, -0.05) is 0 Å². The third-order valence-corrected chi connectivity index (χ3v) is 5.16. The average molecular weight is 381 g/mol. The molecule has 0 unspecified atom stereocenters. The first kappa shape index (κ1) is 18.3. The van der Waals surface area contributed by atoms with Crippen molar-refractivity contribution in [3.8, 4) is 0 Å². The largest absolute Gasteiger partial charge is 0.359 e. The average Bonchev–Trinajstić information content (AvgIpc) is 2.85. The summed E-state index contributed by atoms with van der Waals surface area (Å²) < 4.78 is 49.1. The number of benzene rings is 2. The molecule has 0 saturated heterocycles. The molecule has 0 saturated carbocycles. The highest BCUT2D eigenvalue weighted by atomic mass is 32.2. The van der Waals surface area contributed by atoms with Gasteiger partial charge in [0.2, 0.25) is 15.9 Å². The van der Waals surface area contributed by atoms with Gasteiger partial charge in [0.05, 0.1) is 11.4 Å². The van der Waals surface area contributed by atoms with E-state index in [9.17, 15) is 22.0 Å². The Morgan fingerprint density at radius 1 is 1.23 bits per heavy atom. The van der Waals surface area contributed by atoms with E-state index >= 15 is 0 Å². The van der Waals surface area contributed by atoms with Crippen LogP contribution in [0.2, 0.25) is 0 Å². The van der Waals surface area contributed by atoms with E-state index in [2.05, 4.69) is 5.32 Å². The van der Waals surface area contributed by atoms with Crippen LogP contribution in [0.25, 0.3) is 0 Å². The molecule has 0 radical (unpaired) electrons. The van der Waals surface area contributed by atoms with Crippen molar-refractivity contribution in [1.82, 2.24) is 0 Å². The normalized spacial score (nSPS) is 16.5. The molecule has 3 N–H and O–H groups in total. The second kappa shape index (κ2) is 6.65. The first-order valence-corrected chi connectivity index (χ1v) is 9.37. The van der Waals surface area contributed by atoms with E-state index in [1.807, 2.05) is 11.8 Å². The Bertz CT molecular complexity index is 979. The summed E-state index contributed by atoms with van der Waals surface area (Å²) in [5.41, 5.74) is 1.68. The van der Waals surface area contributed by atoms with Crippen LogP contribution in [0, 0.1) is 11.6 Å². The number of anilines is 2. The Kier molecular flexibility index (Phi) is 4.68. The van der Waals surface area contributed by atoms with Gasteiger partial charge in [-0.15, -0.1) is 0 Å². The molecule has 26 heavy (non-hydrogen) atoms. The molecule has 2 aromatic rings. The van der Waals surface area contributed by atoms with Crippen LogP contribution in [-0.2, 0) is 21.2 Å². The van der Waals surface area contributed by atoms with E-state index in [1.165, 1.54) is 18.2 Å². The predicted molar refractivity (Wildman–Crippen MR) is 93.3 cm³/mol. The van der Waals surface area contributed by atoms with Gasteiger partial charge in [0.1, 0.15) is 0 Å². The summed E-state index contributed by atoms with van der Waals surface area (Å²) in [4.78, 5) is 14.1. The molecule has 138 valence electrons. The van der Waals surface area contributed by atoms with Gasteiger partial charge in [0.25, 0.3) is 0 Å². The van der Waals surface area contributed by atoms with E-state index in [4.69, 9.17) is 5.14 Å². The number of amides is 1. The summed E-state index contributed by atoms with van der Waals surface area (Å²) in [5.74, 6) is -2.43. The van der Waals surface area contributed by atoms with Gasteiger partial charge in [-0.3, -0.25) is 4.79 Å². The Morgan fingerprint density at radius 2 is 1.96 bits per heavy atom. The van der Waals surface area contributed by atoms with Crippen molar-refractivity contribution in [2.45, 2.75) is 24.3 Å². The minimum absolute atomic E-state index is 0.0120. The number of hydrogen-bond donors (Lipinski definition) is 2. The lowest BCUT2D eigenvalue weighted by molar-refractivity contribution is -0.115. The molecule has 0 aliphatic carbocycles. The summed E-state index contributed by atoms with van der Waals surface area (Å²) in [5, 5.41) is 7.67. The molecule has 9 heteroatoms. The standard InChI is InChI=1S/C17H17F2N3O3S/c1-10-6-11-7-13(26(20,24)25)3-5-16(11)22(10)9-17(23)21-12-2-4-14(18)15(19)8-12/h2-5,7-8,10H,6,9H2,1H3,(H,21,23)(H2,20,24,25)/t10-/m1/s1. The number of nitrogens with one attached hydrogen (secondary N) is 1. The molecule has 2 aromatic carbocycles. The summed E-state index contributed by atoms with van der Waals surface area (Å²) in [6, 6.07) is 7.61. The van der Waals surface area contributed by atoms with Crippen LogP contribution in [0.5, 0.6) is 0 Å². The van der Waals surface area contributed by atoms with E-state index in [1.54, 1.807) is 6.07 Å². The van der Waals surface area contributed by atoms with E-state index in [0.29, 0.717) is 6.42 Å². The zero-order valence-corrected chi connectivity index (χ0v) is 14.7. The fraction of sp³-hybridized carbons (Fsp3) is 0.235. The van der Waals surface area contributed by atoms with Crippen molar-refractivity contribution in [1.29, 1.82) is 0 Å². The fourth-order valence-corrected chi connectivity index (χ4v) is 3.58. The molecule has 6 nitrogen and oxygen atoms in total. The monoisotopic (exact) mass is 381 g/mol. The minimum Gasteiger partial charge on any atom is -0.359 e. The van der Waals surface area contributed by atoms with Crippen LogP contribution < -0.4 is 15.4 Å². The number of sulfonamides is 1. The summed E-state index contributed by atoms with van der Waals surface area (Å²) in [6.07, 6.45) is 0.567. The number of fused-ring (bicyclic) bond motifs is 1. The third-order valence-electron chi connectivity index (χ3n) is 4.25. The molecule has 1 heterocycles. The Labute approximate surface area is 149 Å². The zero-order chi connectivity index (χ0) is 19.1. The predicted octanol–water partition coefficient (Wildman–Crippen LogP) is 2.00. The van der Waals surface area contributed by atoms with Gasteiger partial charge in [0, 0.05) is 23.5 Å². The van der Waals surface area contributed by atoms with Crippen LogP contribution in [0.1, 0.15) is 12.5 Å². The highest BCUT2D eigenvalue weighted by Gasteiger charge is 2.28. The number of rotatable bonds is 4. The maximum Gasteiger partial charge on any atom is 0.243 e. The van der Waals surface area contributed by atoms with Gasteiger partial charge < -0.3 is 10.2 Å². The SMILES string of the molecule is C[C@@H]1Cc2cc(S(N)(=O)=O)ccc2N1CC(=O)Nc1ccc(F)c(F)c1. The number of carbonyl (C=O) groups excluding carboxylic acids is 1. The highest BCUT2D eigenvalue weighted by Crippen LogP contribution is 2.33. The number of primary sulfonamides is 1. The van der Waals surface area contributed by atoms with Crippen molar-refractivity contribution >= 4 is 27.3 Å². The number of halogens is 2. The van der Waals surface area contributed by atoms with Gasteiger partial charge in [-0.05, 0) is 49.2 Å². The first-order valence-electron chi connectivity index (χ1n) is 7.82. The summed E-state index contributed by atoms with van der Waals surface area (Å²) in [6.45, 7) is 1.89. The Morgan fingerprint density at radius 3 is 2.62 bits per heavy atom. The van der Waals surface area contributed by atoms with E-state index < -0.39 is 27.6 Å². The maximum absolute atomic E-state index is 13.2. The van der Waals surface area contributed by atoms with Crippen molar-refractivity contribution < 1.29 is 22.0 Å². The molecule has 1 atom stereocenters. The van der Waals surface area contributed by atoms with Gasteiger partial charge in [-0.2, -0.15) is 0 Å². The summed E-state index contributed by atoms with van der Waals surface area (Å²) >= 11 is 0. The van der Waals surface area contributed by atoms with Gasteiger partial charge >= 0.3 is 0 Å². The smallest absolute Gasteiger partial charge is 0.243 e. The lowest BCUT2D eigenvalue weighted by Crippen LogP contribution is -2.37. The van der Waals surface area contributed by atoms with Gasteiger partial charge in [0.15, 0.2) is 11.6 Å². The molecule has 0 fully saturated rings. The van der Waals surface area contributed by atoms with E-state index in [0.717, 1.165) is 23.4 Å². The highest BCUT2D eigenvalue weighted by molar-refractivity contribution is 7.89. The molecule has 0 bridgehead atoms. The van der Waals surface area contributed by atoms with Crippen molar-refractivity contribution in [2.24, 2.45) is 5.14 Å². The topological polar surface area (TPSA) is 92.5 Å². The molecule has 1 amide bonds. The number of nitrogens with zero attached hydrogens (tertiary/aromatic N) is 1.